The van der Waals surface area contributed by atoms with E-state index in [0.29, 0.717) is 23.6 Å². The molecule has 1 aromatic heterocycles. The minimum Gasteiger partial charge on any atom is -0.508 e. The number of anilines is 1. The topological polar surface area (TPSA) is 80.0 Å². The molecule has 4 aromatic rings. The first-order valence-corrected chi connectivity index (χ1v) is 12.3. The van der Waals surface area contributed by atoms with Crippen molar-refractivity contribution in [3.05, 3.63) is 71.5 Å². The standard InChI is InChI=1S/C18H14F3N3OS.C8H11NO/c19-18(20,21)16-22-23-17(26-10-9-25)24(16)15-8-7-12(11-5-6-11)13-3-1-2-4-14(13)15;1-6-5-7(10)3-4-8(6)9-2/h1-4,7-9,11H,5-6,10H2;3-5,9-10H,1-2H3. The van der Waals surface area contributed by atoms with Crippen molar-refractivity contribution in [1.29, 1.82) is 0 Å². The highest BCUT2D eigenvalue weighted by Crippen LogP contribution is 2.44. The lowest BCUT2D eigenvalue weighted by atomic mass is 9.99. The molecule has 10 heteroatoms. The molecule has 1 saturated carbocycles. The smallest absolute Gasteiger partial charge is 0.452 e. The predicted molar refractivity (Wildman–Crippen MR) is 135 cm³/mol. The number of aromatic hydroxyl groups is 1. The molecular weight excluding hydrogens is 489 g/mol. The zero-order valence-corrected chi connectivity index (χ0v) is 20.5. The van der Waals surface area contributed by atoms with Gasteiger partial charge in [0.05, 0.1) is 11.4 Å². The fraction of sp³-hybridized carbons (Fsp3) is 0.269. The van der Waals surface area contributed by atoms with Crippen molar-refractivity contribution < 1.29 is 23.1 Å². The van der Waals surface area contributed by atoms with E-state index >= 15 is 0 Å². The van der Waals surface area contributed by atoms with Crippen LogP contribution in [0.3, 0.4) is 0 Å². The number of nitrogens with zero attached hydrogens (tertiary/aromatic N) is 3. The van der Waals surface area contributed by atoms with Crippen LogP contribution in [0.4, 0.5) is 18.9 Å². The normalized spacial score (nSPS) is 13.2. The van der Waals surface area contributed by atoms with Gasteiger partial charge in [0.1, 0.15) is 12.0 Å². The van der Waals surface area contributed by atoms with Crippen molar-refractivity contribution in [2.75, 3.05) is 18.1 Å². The monoisotopic (exact) mass is 514 g/mol. The van der Waals surface area contributed by atoms with Gasteiger partial charge in [-0.1, -0.05) is 42.1 Å². The lowest BCUT2D eigenvalue weighted by Crippen LogP contribution is -2.15. The average Bonchev–Trinajstić information content (AvgIpc) is 3.60. The fourth-order valence-corrected chi connectivity index (χ4v) is 4.68. The number of halogens is 3. The zero-order valence-electron chi connectivity index (χ0n) is 19.7. The third-order valence-corrected chi connectivity index (χ3v) is 6.66. The molecule has 0 radical (unpaired) electrons. The maximum absolute atomic E-state index is 13.5. The predicted octanol–water partition coefficient (Wildman–Crippen LogP) is 6.35. The van der Waals surface area contributed by atoms with E-state index in [-0.39, 0.29) is 10.9 Å². The lowest BCUT2D eigenvalue weighted by molar-refractivity contribution is -0.146. The van der Waals surface area contributed by atoms with Gasteiger partial charge in [0.15, 0.2) is 5.16 Å². The van der Waals surface area contributed by atoms with Crippen LogP contribution in [0.2, 0.25) is 0 Å². The van der Waals surface area contributed by atoms with Crippen molar-refractivity contribution in [3.63, 3.8) is 0 Å². The van der Waals surface area contributed by atoms with Gasteiger partial charge in [-0.25, -0.2) is 0 Å². The van der Waals surface area contributed by atoms with E-state index in [2.05, 4.69) is 15.5 Å². The molecule has 0 amide bonds. The highest BCUT2D eigenvalue weighted by molar-refractivity contribution is 7.99. The molecule has 1 aliphatic rings. The molecule has 1 fully saturated rings. The van der Waals surface area contributed by atoms with Gasteiger partial charge < -0.3 is 15.2 Å². The second-order valence-electron chi connectivity index (χ2n) is 8.36. The second kappa shape index (κ2) is 10.6. The van der Waals surface area contributed by atoms with Gasteiger partial charge in [-0.2, -0.15) is 13.2 Å². The number of carbonyl (C=O) groups is 1. The van der Waals surface area contributed by atoms with E-state index in [9.17, 15) is 18.0 Å². The Labute approximate surface area is 210 Å². The molecule has 36 heavy (non-hydrogen) atoms. The number of rotatable bonds is 6. The SMILES string of the molecule is CNc1ccc(O)cc1C.O=CCSc1nnc(C(F)(F)F)n1-c1ccc(C2CC2)c2ccccc12. The molecule has 1 heterocycles. The third-order valence-electron chi connectivity index (χ3n) is 5.84. The number of thioether (sulfide) groups is 1. The minimum absolute atomic E-state index is 0.00802. The summed E-state index contributed by atoms with van der Waals surface area (Å²) in [6.45, 7) is 1.95. The van der Waals surface area contributed by atoms with Crippen LogP contribution in [0.5, 0.6) is 5.75 Å². The molecule has 0 saturated heterocycles. The summed E-state index contributed by atoms with van der Waals surface area (Å²) < 4.78 is 41.5. The van der Waals surface area contributed by atoms with Crippen LogP contribution in [-0.2, 0) is 11.0 Å². The number of alkyl halides is 3. The van der Waals surface area contributed by atoms with Crippen LogP contribution in [0.25, 0.3) is 16.5 Å². The van der Waals surface area contributed by atoms with Gasteiger partial charge in [-0.3, -0.25) is 4.57 Å². The summed E-state index contributed by atoms with van der Waals surface area (Å²) in [4.78, 5) is 10.7. The Morgan fingerprint density at radius 3 is 2.44 bits per heavy atom. The molecule has 0 atom stereocenters. The van der Waals surface area contributed by atoms with Gasteiger partial charge >= 0.3 is 6.18 Å². The molecule has 3 aromatic carbocycles. The number of benzene rings is 3. The maximum atomic E-state index is 13.5. The number of hydrogen-bond acceptors (Lipinski definition) is 6. The number of phenolic OH excluding ortho intramolecular Hbond substituents is 1. The van der Waals surface area contributed by atoms with Crippen LogP contribution < -0.4 is 5.32 Å². The van der Waals surface area contributed by atoms with E-state index in [1.54, 1.807) is 24.3 Å². The molecule has 0 aliphatic heterocycles. The van der Waals surface area contributed by atoms with Crippen LogP contribution in [-0.4, -0.2) is 39.0 Å². The van der Waals surface area contributed by atoms with E-state index < -0.39 is 12.0 Å². The largest absolute Gasteiger partial charge is 0.508 e. The Hall–Kier alpha value is -3.53. The van der Waals surface area contributed by atoms with E-state index in [0.717, 1.165) is 56.8 Å². The Kier molecular flexibility index (Phi) is 7.53. The van der Waals surface area contributed by atoms with E-state index in [1.165, 1.54) is 0 Å². The van der Waals surface area contributed by atoms with Crippen LogP contribution in [0.1, 0.15) is 35.7 Å². The molecule has 0 bridgehead atoms. The summed E-state index contributed by atoms with van der Waals surface area (Å²) >= 11 is 0.932. The quantitative estimate of drug-likeness (QED) is 0.177. The van der Waals surface area contributed by atoms with Crippen molar-refractivity contribution in [1.82, 2.24) is 14.8 Å². The Bertz CT molecular complexity index is 1380. The molecule has 6 nitrogen and oxygen atoms in total. The zero-order chi connectivity index (χ0) is 25.9. The first-order chi connectivity index (χ1) is 17.2. The molecule has 0 unspecified atom stereocenters. The number of aromatic nitrogens is 3. The summed E-state index contributed by atoms with van der Waals surface area (Å²) in [6.07, 6.45) is -1.82. The Morgan fingerprint density at radius 2 is 1.83 bits per heavy atom. The first kappa shape index (κ1) is 25.6. The molecule has 0 spiro atoms. The number of hydrogen-bond donors (Lipinski definition) is 2. The molecule has 1 aliphatic carbocycles. The molecular formula is C26H25F3N4O2S. The van der Waals surface area contributed by atoms with Crippen molar-refractivity contribution in [2.45, 2.75) is 37.0 Å². The van der Waals surface area contributed by atoms with Crippen LogP contribution in [0.15, 0.2) is 59.8 Å². The summed E-state index contributed by atoms with van der Waals surface area (Å²) in [6, 6.07) is 16.3. The maximum Gasteiger partial charge on any atom is 0.452 e. The average molecular weight is 515 g/mol. The number of nitrogens with one attached hydrogen (secondary N) is 1. The molecule has 188 valence electrons. The number of carbonyl (C=O) groups excluding carboxylic acids is 1. The van der Waals surface area contributed by atoms with Crippen LogP contribution in [0, 0.1) is 6.92 Å². The van der Waals surface area contributed by atoms with E-state index in [1.807, 2.05) is 44.3 Å². The first-order valence-electron chi connectivity index (χ1n) is 11.3. The summed E-state index contributed by atoms with van der Waals surface area (Å²) in [7, 11) is 1.86. The van der Waals surface area contributed by atoms with Crippen molar-refractivity contribution >= 4 is 34.5 Å². The molecule has 2 N–H and O–H groups in total. The summed E-state index contributed by atoms with van der Waals surface area (Å²) in [5.41, 5.74) is 3.64. The summed E-state index contributed by atoms with van der Waals surface area (Å²) in [5.74, 6) is -0.291. The van der Waals surface area contributed by atoms with Gasteiger partial charge in [0.2, 0.25) is 5.82 Å². The van der Waals surface area contributed by atoms with Gasteiger partial charge in [-0.05, 0) is 66.5 Å². The van der Waals surface area contributed by atoms with Gasteiger partial charge in [0.25, 0.3) is 0 Å². The second-order valence-corrected chi connectivity index (χ2v) is 9.35. The highest BCUT2D eigenvalue weighted by Gasteiger charge is 2.39. The minimum atomic E-state index is -4.65. The van der Waals surface area contributed by atoms with E-state index in [4.69, 9.17) is 5.11 Å². The number of phenols is 1. The summed E-state index contributed by atoms with van der Waals surface area (Å²) in [5, 5.41) is 20.7. The number of fused-ring (bicyclic) bond motifs is 1. The Morgan fingerprint density at radius 1 is 1.11 bits per heavy atom. The Balaban J connectivity index is 0.000000256. The molecule has 5 rings (SSSR count). The van der Waals surface area contributed by atoms with Crippen molar-refractivity contribution in [2.24, 2.45) is 0 Å². The third kappa shape index (κ3) is 5.48. The highest BCUT2D eigenvalue weighted by atomic mass is 32.2. The van der Waals surface area contributed by atoms with Gasteiger partial charge in [-0.15, -0.1) is 10.2 Å². The number of aryl methyl sites for hydroxylation is 1. The van der Waals surface area contributed by atoms with Crippen LogP contribution >= 0.6 is 11.8 Å². The van der Waals surface area contributed by atoms with Crippen molar-refractivity contribution in [3.8, 4) is 11.4 Å². The number of aldehydes is 1. The van der Waals surface area contributed by atoms with Gasteiger partial charge in [0, 0.05) is 18.1 Å². The fourth-order valence-electron chi connectivity index (χ4n) is 4.05. The lowest BCUT2D eigenvalue weighted by Gasteiger charge is -2.16.